The van der Waals surface area contributed by atoms with Crippen LogP contribution < -0.4 is 15.8 Å². The van der Waals surface area contributed by atoms with Crippen molar-refractivity contribution in [3.05, 3.63) is 29.6 Å². The van der Waals surface area contributed by atoms with Crippen molar-refractivity contribution in [2.45, 2.75) is 19.4 Å². The summed E-state index contributed by atoms with van der Waals surface area (Å²) in [5.74, 6) is -0.884. The normalized spacial score (nSPS) is 12.2. The number of ether oxygens (including phenoxy) is 1. The van der Waals surface area contributed by atoms with Gasteiger partial charge in [0.1, 0.15) is 6.04 Å². The number of rotatable bonds is 6. The quantitative estimate of drug-likeness (QED) is 0.789. The van der Waals surface area contributed by atoms with E-state index < -0.39 is 17.8 Å². The summed E-state index contributed by atoms with van der Waals surface area (Å²) in [5, 5.41) is 2.97. The van der Waals surface area contributed by atoms with Gasteiger partial charge in [-0.05, 0) is 30.7 Å². The molecule has 1 amide bonds. The Morgan fingerprint density at radius 2 is 2.29 bits per heavy atom. The van der Waals surface area contributed by atoms with Gasteiger partial charge in [0.05, 0.1) is 7.11 Å². The first-order chi connectivity index (χ1) is 8.10. The van der Waals surface area contributed by atoms with Crippen molar-refractivity contribution < 1.29 is 13.9 Å². The fourth-order valence-electron chi connectivity index (χ4n) is 1.53. The molecule has 0 aliphatic carbocycles. The highest BCUT2D eigenvalue weighted by atomic mass is 19.1. The lowest BCUT2D eigenvalue weighted by molar-refractivity contribution is -0.120. The Morgan fingerprint density at radius 3 is 2.76 bits per heavy atom. The van der Waals surface area contributed by atoms with E-state index in [1.807, 2.05) is 6.92 Å². The number of halogens is 1. The van der Waals surface area contributed by atoms with E-state index in [-0.39, 0.29) is 5.75 Å². The monoisotopic (exact) mass is 240 g/mol. The third-order valence-electron chi connectivity index (χ3n) is 2.39. The summed E-state index contributed by atoms with van der Waals surface area (Å²) in [6, 6.07) is 3.70. The maximum absolute atomic E-state index is 13.5. The van der Waals surface area contributed by atoms with Crippen LogP contribution in [-0.4, -0.2) is 19.6 Å². The molecule has 0 radical (unpaired) electrons. The molecule has 0 aliphatic rings. The maximum atomic E-state index is 13.5. The zero-order chi connectivity index (χ0) is 12.8. The van der Waals surface area contributed by atoms with Crippen molar-refractivity contribution in [2.24, 2.45) is 5.73 Å². The SMILES string of the molecule is CCCNC(C(N)=O)c1ccc(OC)c(F)c1. The third-order valence-corrected chi connectivity index (χ3v) is 2.39. The minimum atomic E-state index is -0.671. The molecular formula is C12H17FN2O2. The molecule has 0 saturated heterocycles. The van der Waals surface area contributed by atoms with Crippen LogP contribution in [0.4, 0.5) is 4.39 Å². The lowest BCUT2D eigenvalue weighted by Crippen LogP contribution is -2.34. The van der Waals surface area contributed by atoms with Crippen LogP contribution in [0.3, 0.4) is 0 Å². The number of hydrogen-bond acceptors (Lipinski definition) is 3. The molecule has 4 nitrogen and oxygen atoms in total. The molecule has 1 atom stereocenters. The van der Waals surface area contributed by atoms with Crippen LogP contribution in [0.5, 0.6) is 5.75 Å². The molecule has 17 heavy (non-hydrogen) atoms. The van der Waals surface area contributed by atoms with Gasteiger partial charge in [-0.1, -0.05) is 13.0 Å². The van der Waals surface area contributed by atoms with Crippen molar-refractivity contribution in [3.63, 3.8) is 0 Å². The molecule has 0 saturated carbocycles. The van der Waals surface area contributed by atoms with E-state index >= 15 is 0 Å². The van der Waals surface area contributed by atoms with Crippen LogP contribution in [0.2, 0.25) is 0 Å². The standard InChI is InChI=1S/C12H17FN2O2/c1-3-6-15-11(12(14)16)8-4-5-10(17-2)9(13)7-8/h4-5,7,11,15H,3,6H2,1-2H3,(H2,14,16). The van der Waals surface area contributed by atoms with Crippen LogP contribution in [-0.2, 0) is 4.79 Å². The van der Waals surface area contributed by atoms with E-state index in [1.165, 1.54) is 19.2 Å². The molecule has 1 aromatic rings. The van der Waals surface area contributed by atoms with Gasteiger partial charge in [0.2, 0.25) is 5.91 Å². The van der Waals surface area contributed by atoms with Crippen molar-refractivity contribution in [2.75, 3.05) is 13.7 Å². The molecule has 1 unspecified atom stereocenters. The van der Waals surface area contributed by atoms with Crippen LogP contribution >= 0.6 is 0 Å². The Labute approximate surface area is 100.0 Å². The minimum Gasteiger partial charge on any atom is -0.494 e. The number of primary amides is 1. The summed E-state index contributed by atoms with van der Waals surface area (Å²) in [6.07, 6.45) is 0.864. The first-order valence-electron chi connectivity index (χ1n) is 5.46. The lowest BCUT2D eigenvalue weighted by Gasteiger charge is -2.16. The van der Waals surface area contributed by atoms with Crippen molar-refractivity contribution in [1.82, 2.24) is 5.32 Å². The zero-order valence-electron chi connectivity index (χ0n) is 10.00. The number of amides is 1. The molecule has 1 rings (SSSR count). The fraction of sp³-hybridized carbons (Fsp3) is 0.417. The van der Waals surface area contributed by atoms with Gasteiger partial charge in [0, 0.05) is 0 Å². The van der Waals surface area contributed by atoms with Gasteiger partial charge in [-0.2, -0.15) is 0 Å². The molecule has 3 N–H and O–H groups in total. The van der Waals surface area contributed by atoms with Gasteiger partial charge < -0.3 is 15.8 Å². The minimum absolute atomic E-state index is 0.146. The Hall–Kier alpha value is -1.62. The summed E-state index contributed by atoms with van der Waals surface area (Å²) in [4.78, 5) is 11.3. The van der Waals surface area contributed by atoms with E-state index in [2.05, 4.69) is 5.32 Å². The summed E-state index contributed by atoms with van der Waals surface area (Å²) >= 11 is 0. The number of methoxy groups -OCH3 is 1. The summed E-state index contributed by atoms with van der Waals surface area (Å²) < 4.78 is 18.3. The van der Waals surface area contributed by atoms with Gasteiger partial charge >= 0.3 is 0 Å². The number of benzene rings is 1. The first kappa shape index (κ1) is 13.4. The highest BCUT2D eigenvalue weighted by Crippen LogP contribution is 2.21. The Kier molecular flexibility index (Phi) is 4.90. The fourth-order valence-corrected chi connectivity index (χ4v) is 1.53. The molecule has 1 aromatic carbocycles. The number of carbonyl (C=O) groups is 1. The molecule has 0 spiro atoms. The third kappa shape index (κ3) is 3.42. The number of nitrogens with one attached hydrogen (secondary N) is 1. The predicted molar refractivity (Wildman–Crippen MR) is 63.2 cm³/mol. The van der Waals surface area contributed by atoms with Crippen LogP contribution in [0.25, 0.3) is 0 Å². The van der Waals surface area contributed by atoms with Gasteiger partial charge in [-0.3, -0.25) is 4.79 Å². The van der Waals surface area contributed by atoms with Crippen LogP contribution in [0.1, 0.15) is 24.9 Å². The van der Waals surface area contributed by atoms with E-state index in [4.69, 9.17) is 10.5 Å². The Bertz CT molecular complexity index is 396. The smallest absolute Gasteiger partial charge is 0.239 e. The van der Waals surface area contributed by atoms with Crippen LogP contribution in [0.15, 0.2) is 18.2 Å². The maximum Gasteiger partial charge on any atom is 0.239 e. The van der Waals surface area contributed by atoms with Crippen LogP contribution in [0, 0.1) is 5.82 Å². The second kappa shape index (κ2) is 6.20. The highest BCUT2D eigenvalue weighted by Gasteiger charge is 2.18. The topological polar surface area (TPSA) is 64.3 Å². The summed E-state index contributed by atoms with van der Waals surface area (Å²) in [6.45, 7) is 2.61. The number of carbonyl (C=O) groups excluding carboxylic acids is 1. The average molecular weight is 240 g/mol. The van der Waals surface area contributed by atoms with E-state index in [1.54, 1.807) is 6.07 Å². The molecule has 0 bridgehead atoms. The van der Waals surface area contributed by atoms with Gasteiger partial charge in [0.15, 0.2) is 11.6 Å². The molecule has 0 aromatic heterocycles. The predicted octanol–water partition coefficient (Wildman–Crippen LogP) is 1.36. The first-order valence-corrected chi connectivity index (χ1v) is 5.46. The molecule has 5 heteroatoms. The molecule has 94 valence electrons. The zero-order valence-corrected chi connectivity index (χ0v) is 10.00. The largest absolute Gasteiger partial charge is 0.494 e. The summed E-state index contributed by atoms with van der Waals surface area (Å²) in [5.41, 5.74) is 5.78. The van der Waals surface area contributed by atoms with E-state index in [0.717, 1.165) is 6.42 Å². The number of hydrogen-bond donors (Lipinski definition) is 2. The van der Waals surface area contributed by atoms with Gasteiger partial charge in [-0.15, -0.1) is 0 Å². The molecular weight excluding hydrogens is 223 g/mol. The average Bonchev–Trinajstić information content (AvgIpc) is 2.29. The second-order valence-corrected chi connectivity index (χ2v) is 3.68. The lowest BCUT2D eigenvalue weighted by atomic mass is 10.1. The van der Waals surface area contributed by atoms with E-state index in [0.29, 0.717) is 12.1 Å². The Morgan fingerprint density at radius 1 is 1.59 bits per heavy atom. The van der Waals surface area contributed by atoms with Gasteiger partial charge in [-0.25, -0.2) is 4.39 Å². The highest BCUT2D eigenvalue weighted by molar-refractivity contribution is 5.81. The molecule has 0 fully saturated rings. The number of nitrogens with two attached hydrogens (primary N) is 1. The van der Waals surface area contributed by atoms with Crippen molar-refractivity contribution in [3.8, 4) is 5.75 Å². The Balaban J connectivity index is 2.94. The molecule has 0 heterocycles. The summed E-state index contributed by atoms with van der Waals surface area (Å²) in [7, 11) is 1.39. The second-order valence-electron chi connectivity index (χ2n) is 3.68. The van der Waals surface area contributed by atoms with Crippen molar-refractivity contribution >= 4 is 5.91 Å². The molecule has 0 aliphatic heterocycles. The van der Waals surface area contributed by atoms with Crippen molar-refractivity contribution in [1.29, 1.82) is 0 Å². The van der Waals surface area contributed by atoms with Gasteiger partial charge in [0.25, 0.3) is 0 Å². The van der Waals surface area contributed by atoms with E-state index in [9.17, 15) is 9.18 Å².